The summed E-state index contributed by atoms with van der Waals surface area (Å²) in [5.41, 5.74) is 0.295. The van der Waals surface area contributed by atoms with E-state index in [0.29, 0.717) is 25.2 Å². The standard InChI is InChI=1S/C20H28BrIN6O4S/c1-20(2,3)32-19(29)23-11-8-12-6-7-13(9-11)28(12)18-16(21)24-15-14(22)10-27(17(15)25-18)33(30,31)26(4)5/h10-13H,6-9H2,1-5H3,(H,23,29)/t11-,12+,13-. The van der Waals surface area contributed by atoms with E-state index in [-0.39, 0.29) is 18.1 Å². The molecule has 2 bridgehead atoms. The zero-order valence-electron chi connectivity index (χ0n) is 19.2. The fourth-order valence-corrected chi connectivity index (χ4v) is 6.80. The third-order valence-electron chi connectivity index (χ3n) is 5.89. The number of aromatic nitrogens is 3. The van der Waals surface area contributed by atoms with Gasteiger partial charge in [0.2, 0.25) is 0 Å². The zero-order valence-corrected chi connectivity index (χ0v) is 23.7. The molecule has 0 aromatic carbocycles. The molecule has 0 spiro atoms. The monoisotopic (exact) mass is 654 g/mol. The second-order valence-corrected chi connectivity index (χ2v) is 13.6. The molecule has 1 amide bonds. The molecule has 3 atom stereocenters. The van der Waals surface area contributed by atoms with E-state index >= 15 is 0 Å². The summed E-state index contributed by atoms with van der Waals surface area (Å²) in [4.78, 5) is 24.0. The Morgan fingerprint density at radius 1 is 1.24 bits per heavy atom. The van der Waals surface area contributed by atoms with Crippen molar-refractivity contribution < 1.29 is 17.9 Å². The lowest BCUT2D eigenvalue weighted by Gasteiger charge is -2.40. The molecular weight excluding hydrogens is 627 g/mol. The first-order valence-corrected chi connectivity index (χ1v) is 14.0. The van der Waals surface area contributed by atoms with Gasteiger partial charge >= 0.3 is 16.3 Å². The fraction of sp³-hybridized carbons (Fsp3) is 0.650. The third-order valence-corrected chi connectivity index (χ3v) is 8.91. The summed E-state index contributed by atoms with van der Waals surface area (Å²) in [6.45, 7) is 5.54. The molecule has 10 nitrogen and oxygen atoms in total. The minimum absolute atomic E-state index is 0.0167. The van der Waals surface area contributed by atoms with Crippen LogP contribution in [-0.2, 0) is 14.9 Å². The van der Waals surface area contributed by atoms with E-state index in [0.717, 1.165) is 30.0 Å². The van der Waals surface area contributed by atoms with E-state index in [1.165, 1.54) is 18.1 Å². The average Bonchev–Trinajstić information content (AvgIpc) is 3.13. The Labute approximate surface area is 215 Å². The maximum Gasteiger partial charge on any atom is 0.407 e. The smallest absolute Gasteiger partial charge is 0.407 e. The van der Waals surface area contributed by atoms with E-state index < -0.39 is 21.9 Å². The molecule has 0 aliphatic carbocycles. The summed E-state index contributed by atoms with van der Waals surface area (Å²) >= 11 is 5.65. The molecule has 4 rings (SSSR count). The Balaban J connectivity index is 1.64. The van der Waals surface area contributed by atoms with Gasteiger partial charge in [0.15, 0.2) is 11.5 Å². The Bertz CT molecular complexity index is 1180. The largest absolute Gasteiger partial charge is 0.444 e. The molecule has 0 unspecified atom stereocenters. The average molecular weight is 655 g/mol. The Morgan fingerprint density at radius 2 is 1.85 bits per heavy atom. The first-order chi connectivity index (χ1) is 15.3. The molecule has 182 valence electrons. The van der Waals surface area contributed by atoms with Crippen LogP contribution in [0.15, 0.2) is 10.8 Å². The summed E-state index contributed by atoms with van der Waals surface area (Å²) in [6, 6.07) is 0.349. The molecule has 2 aromatic heterocycles. The summed E-state index contributed by atoms with van der Waals surface area (Å²) in [7, 11) is -0.764. The summed E-state index contributed by atoms with van der Waals surface area (Å²) < 4.78 is 34.8. The molecule has 2 aromatic rings. The SMILES string of the molecule is CN(C)S(=O)(=O)n1cc(I)c2nc(Br)c(N3[C@@H]4CC[C@H]3C[C@@H](NC(=O)OC(C)(C)C)C4)nc21. The van der Waals surface area contributed by atoms with Gasteiger partial charge in [0, 0.05) is 38.4 Å². The van der Waals surface area contributed by atoms with Crippen LogP contribution in [0, 0.1) is 3.57 Å². The highest BCUT2D eigenvalue weighted by Gasteiger charge is 2.43. The van der Waals surface area contributed by atoms with E-state index in [1.54, 1.807) is 6.20 Å². The molecule has 2 aliphatic rings. The number of ether oxygens (including phenoxy) is 1. The van der Waals surface area contributed by atoms with Gasteiger partial charge in [-0.1, -0.05) is 0 Å². The summed E-state index contributed by atoms with van der Waals surface area (Å²) in [5, 5.41) is 3.01. The molecule has 13 heteroatoms. The van der Waals surface area contributed by atoms with E-state index in [2.05, 4.69) is 53.7 Å². The number of halogens is 2. The van der Waals surface area contributed by atoms with Crippen LogP contribution >= 0.6 is 38.5 Å². The van der Waals surface area contributed by atoms with Crippen molar-refractivity contribution in [3.05, 3.63) is 14.4 Å². The first kappa shape index (κ1) is 24.9. The number of rotatable bonds is 4. The van der Waals surface area contributed by atoms with Crippen molar-refractivity contribution in [2.45, 2.75) is 70.2 Å². The van der Waals surface area contributed by atoms with Gasteiger partial charge in [-0.3, -0.25) is 0 Å². The van der Waals surface area contributed by atoms with Crippen LogP contribution in [0.5, 0.6) is 0 Å². The van der Waals surface area contributed by atoms with Crippen molar-refractivity contribution >= 4 is 71.8 Å². The second kappa shape index (κ2) is 8.79. The van der Waals surface area contributed by atoms with E-state index in [4.69, 9.17) is 9.72 Å². The molecule has 0 saturated carbocycles. The van der Waals surface area contributed by atoms with Crippen molar-refractivity contribution in [1.82, 2.24) is 23.6 Å². The molecule has 1 N–H and O–H groups in total. The quantitative estimate of drug-likeness (QED) is 0.503. The maximum atomic E-state index is 12.9. The lowest BCUT2D eigenvalue weighted by molar-refractivity contribution is 0.0492. The van der Waals surface area contributed by atoms with Gasteiger partial charge in [-0.2, -0.15) is 12.7 Å². The number of amides is 1. The number of fused-ring (bicyclic) bond motifs is 3. The van der Waals surface area contributed by atoms with Crippen molar-refractivity contribution in [1.29, 1.82) is 0 Å². The summed E-state index contributed by atoms with van der Waals surface area (Å²) in [6.07, 6.45) is 4.61. The van der Waals surface area contributed by atoms with Crippen molar-refractivity contribution in [2.75, 3.05) is 19.0 Å². The molecule has 4 heterocycles. The molecule has 0 radical (unpaired) electrons. The molecule has 2 saturated heterocycles. The van der Waals surface area contributed by atoms with Gasteiger partial charge in [-0.05, 0) is 85.0 Å². The van der Waals surface area contributed by atoms with Crippen LogP contribution in [0.25, 0.3) is 11.2 Å². The van der Waals surface area contributed by atoms with Crippen LogP contribution < -0.4 is 10.2 Å². The molecule has 2 fully saturated rings. The predicted octanol–water partition coefficient (Wildman–Crippen LogP) is 3.48. The number of hydrogen-bond acceptors (Lipinski definition) is 7. The van der Waals surface area contributed by atoms with Crippen LogP contribution in [0.3, 0.4) is 0 Å². The topological polar surface area (TPSA) is 110 Å². The van der Waals surface area contributed by atoms with Gasteiger partial charge in [-0.15, -0.1) is 0 Å². The van der Waals surface area contributed by atoms with Gasteiger partial charge in [0.05, 0.1) is 3.57 Å². The van der Waals surface area contributed by atoms with Gasteiger partial charge < -0.3 is 15.0 Å². The lowest BCUT2D eigenvalue weighted by atomic mass is 9.97. The van der Waals surface area contributed by atoms with E-state index in [1.807, 2.05) is 20.8 Å². The molecule has 33 heavy (non-hydrogen) atoms. The number of nitrogens with one attached hydrogen (secondary N) is 1. The number of hydrogen-bond donors (Lipinski definition) is 1. The van der Waals surface area contributed by atoms with E-state index in [9.17, 15) is 13.2 Å². The highest BCUT2D eigenvalue weighted by molar-refractivity contribution is 14.1. The van der Waals surface area contributed by atoms with Crippen molar-refractivity contribution in [3.63, 3.8) is 0 Å². The normalized spacial score (nSPS) is 23.4. The first-order valence-electron chi connectivity index (χ1n) is 10.7. The van der Waals surface area contributed by atoms with Gasteiger partial charge in [0.25, 0.3) is 0 Å². The van der Waals surface area contributed by atoms with Crippen molar-refractivity contribution in [2.24, 2.45) is 0 Å². The molecular formula is C20H28BrIN6O4S. The third kappa shape index (κ3) is 4.82. The highest BCUT2D eigenvalue weighted by Crippen LogP contribution is 2.41. The number of carbonyl (C=O) groups excluding carboxylic acids is 1. The van der Waals surface area contributed by atoms with Crippen LogP contribution in [0.2, 0.25) is 0 Å². The highest BCUT2D eigenvalue weighted by atomic mass is 127. The van der Waals surface area contributed by atoms with Gasteiger partial charge in [-0.25, -0.2) is 18.7 Å². The second-order valence-electron chi connectivity index (χ2n) is 9.68. The zero-order chi connectivity index (χ0) is 24.3. The van der Waals surface area contributed by atoms with Crippen molar-refractivity contribution in [3.8, 4) is 0 Å². The number of alkyl carbamates (subject to hydrolysis) is 1. The Hall–Kier alpha value is -1.19. The molecule has 2 aliphatic heterocycles. The number of piperidine rings is 1. The van der Waals surface area contributed by atoms with Gasteiger partial charge in [0.1, 0.15) is 15.7 Å². The Kier molecular flexibility index (Phi) is 6.64. The number of anilines is 1. The van der Waals surface area contributed by atoms with Crippen LogP contribution in [0.1, 0.15) is 46.5 Å². The fourth-order valence-electron chi connectivity index (χ4n) is 4.57. The minimum Gasteiger partial charge on any atom is -0.444 e. The van der Waals surface area contributed by atoms with Crippen LogP contribution in [-0.4, -0.2) is 70.6 Å². The Morgan fingerprint density at radius 3 is 2.39 bits per heavy atom. The number of nitrogens with zero attached hydrogens (tertiary/aromatic N) is 5. The number of carbonyl (C=O) groups is 1. The maximum absolute atomic E-state index is 12.9. The summed E-state index contributed by atoms with van der Waals surface area (Å²) in [5.74, 6) is 0.635. The predicted molar refractivity (Wildman–Crippen MR) is 138 cm³/mol. The minimum atomic E-state index is -3.74. The lowest BCUT2D eigenvalue weighted by Crippen LogP contribution is -2.51. The van der Waals surface area contributed by atoms with Crippen LogP contribution in [0.4, 0.5) is 10.6 Å².